The summed E-state index contributed by atoms with van der Waals surface area (Å²) in [7, 11) is 1.55. The highest BCUT2D eigenvalue weighted by Crippen LogP contribution is 2.37. The highest BCUT2D eigenvalue weighted by Gasteiger charge is 2.32. The number of anilines is 2. The van der Waals surface area contributed by atoms with E-state index in [1.807, 2.05) is 4.90 Å². The SMILES string of the molecule is COc1cccc(-c2nnc(SCC(=O)Nc3ccc(C(F)(F)F)cc3N3CCCC3)o2)c1. The zero-order chi connectivity index (χ0) is 23.4. The van der Waals surface area contributed by atoms with Crippen molar-refractivity contribution >= 4 is 29.0 Å². The molecule has 1 aliphatic heterocycles. The molecule has 1 saturated heterocycles. The summed E-state index contributed by atoms with van der Waals surface area (Å²) in [6.45, 7) is 1.29. The number of alkyl halides is 3. The summed E-state index contributed by atoms with van der Waals surface area (Å²) in [5.74, 6) is 0.502. The Bertz CT molecular complexity index is 1130. The molecular weight excluding hydrogens is 457 g/mol. The van der Waals surface area contributed by atoms with Gasteiger partial charge in [0.05, 0.1) is 29.8 Å². The maximum Gasteiger partial charge on any atom is 0.416 e. The van der Waals surface area contributed by atoms with Crippen molar-refractivity contribution in [3.05, 3.63) is 48.0 Å². The molecule has 0 unspecified atom stereocenters. The molecule has 0 bridgehead atoms. The number of benzene rings is 2. The standard InChI is InChI=1S/C22H21F3N4O3S/c1-31-16-6-4-5-14(11-16)20-27-28-21(32-20)33-13-19(30)26-17-8-7-15(22(23,24)25)12-18(17)29-9-2-3-10-29/h4-8,11-12H,2-3,9-10,13H2,1H3,(H,26,30). The first-order valence-electron chi connectivity index (χ1n) is 10.2. The van der Waals surface area contributed by atoms with Crippen LogP contribution >= 0.6 is 11.8 Å². The molecule has 0 aliphatic carbocycles. The minimum Gasteiger partial charge on any atom is -0.497 e. The van der Waals surface area contributed by atoms with Gasteiger partial charge < -0.3 is 19.4 Å². The lowest BCUT2D eigenvalue weighted by Gasteiger charge is -2.23. The van der Waals surface area contributed by atoms with Crippen LogP contribution in [0.2, 0.25) is 0 Å². The van der Waals surface area contributed by atoms with Gasteiger partial charge in [0, 0.05) is 18.7 Å². The number of hydrogen-bond acceptors (Lipinski definition) is 7. The molecule has 0 radical (unpaired) electrons. The van der Waals surface area contributed by atoms with E-state index in [4.69, 9.17) is 9.15 Å². The van der Waals surface area contributed by atoms with Crippen LogP contribution in [0.4, 0.5) is 24.5 Å². The smallest absolute Gasteiger partial charge is 0.416 e. The van der Waals surface area contributed by atoms with Crippen molar-refractivity contribution in [3.63, 3.8) is 0 Å². The highest BCUT2D eigenvalue weighted by molar-refractivity contribution is 7.99. The van der Waals surface area contributed by atoms with Crippen molar-refractivity contribution in [3.8, 4) is 17.2 Å². The van der Waals surface area contributed by atoms with Gasteiger partial charge in [0.25, 0.3) is 5.22 Å². The third-order valence-corrected chi connectivity index (χ3v) is 5.91. The van der Waals surface area contributed by atoms with Crippen molar-refractivity contribution in [1.29, 1.82) is 0 Å². The normalized spacial score (nSPS) is 13.9. The van der Waals surface area contributed by atoms with E-state index < -0.39 is 11.7 Å². The van der Waals surface area contributed by atoms with Crippen LogP contribution in [0.1, 0.15) is 18.4 Å². The van der Waals surface area contributed by atoms with Gasteiger partial charge in [-0.3, -0.25) is 4.79 Å². The molecule has 1 aliphatic rings. The van der Waals surface area contributed by atoms with Gasteiger partial charge >= 0.3 is 6.18 Å². The van der Waals surface area contributed by atoms with Gasteiger partial charge in [0.15, 0.2) is 0 Å². The number of ether oxygens (including phenoxy) is 1. The average Bonchev–Trinajstić information content (AvgIpc) is 3.50. The molecule has 1 amide bonds. The first-order valence-corrected chi connectivity index (χ1v) is 11.2. The molecule has 174 valence electrons. The number of amides is 1. The monoisotopic (exact) mass is 478 g/mol. The van der Waals surface area contributed by atoms with Crippen LogP contribution in [0.15, 0.2) is 52.1 Å². The predicted octanol–water partition coefficient (Wildman–Crippen LogP) is 5.10. The minimum absolute atomic E-state index is 0.0415. The number of carbonyl (C=O) groups is 1. The Kier molecular flexibility index (Phi) is 6.77. The molecule has 0 spiro atoms. The first kappa shape index (κ1) is 23.0. The summed E-state index contributed by atoms with van der Waals surface area (Å²) < 4.78 is 50.3. The summed E-state index contributed by atoms with van der Waals surface area (Å²) in [5.41, 5.74) is 0.655. The Morgan fingerprint density at radius 1 is 1.18 bits per heavy atom. The molecule has 2 aromatic carbocycles. The van der Waals surface area contributed by atoms with Crippen LogP contribution in [0, 0.1) is 0 Å². The van der Waals surface area contributed by atoms with Crippen molar-refractivity contribution in [1.82, 2.24) is 10.2 Å². The molecule has 4 rings (SSSR count). The van der Waals surface area contributed by atoms with Crippen molar-refractivity contribution in [2.24, 2.45) is 0 Å². The number of thioether (sulfide) groups is 1. The quantitative estimate of drug-likeness (QED) is 0.474. The number of aromatic nitrogens is 2. The van der Waals surface area contributed by atoms with Crippen LogP contribution in [0.25, 0.3) is 11.5 Å². The maximum atomic E-state index is 13.2. The number of halogens is 3. The van der Waals surface area contributed by atoms with Crippen LogP contribution in [0.5, 0.6) is 5.75 Å². The predicted molar refractivity (Wildman–Crippen MR) is 119 cm³/mol. The second-order valence-corrected chi connectivity index (χ2v) is 8.29. The Labute approximate surface area is 192 Å². The molecular formula is C22H21F3N4O3S. The Morgan fingerprint density at radius 3 is 2.70 bits per heavy atom. The molecule has 1 fully saturated rings. The van der Waals surface area contributed by atoms with Gasteiger partial charge in [-0.15, -0.1) is 10.2 Å². The Hall–Kier alpha value is -3.21. The van der Waals surface area contributed by atoms with E-state index >= 15 is 0 Å². The van der Waals surface area contributed by atoms with E-state index in [9.17, 15) is 18.0 Å². The van der Waals surface area contributed by atoms with Crippen LogP contribution < -0.4 is 15.0 Å². The van der Waals surface area contributed by atoms with Gasteiger partial charge in [-0.2, -0.15) is 13.2 Å². The number of hydrogen-bond donors (Lipinski definition) is 1. The van der Waals surface area contributed by atoms with Crippen LogP contribution in [-0.2, 0) is 11.0 Å². The fourth-order valence-electron chi connectivity index (χ4n) is 3.49. The highest BCUT2D eigenvalue weighted by atomic mass is 32.2. The lowest BCUT2D eigenvalue weighted by molar-refractivity contribution is -0.137. The van der Waals surface area contributed by atoms with E-state index in [0.29, 0.717) is 35.8 Å². The topological polar surface area (TPSA) is 80.5 Å². The van der Waals surface area contributed by atoms with Crippen molar-refractivity contribution < 1.29 is 27.1 Å². The summed E-state index contributed by atoms with van der Waals surface area (Å²) in [4.78, 5) is 14.4. The van der Waals surface area contributed by atoms with E-state index in [2.05, 4.69) is 15.5 Å². The molecule has 3 aromatic rings. The van der Waals surface area contributed by atoms with Gasteiger partial charge in [0.2, 0.25) is 11.8 Å². The van der Waals surface area contributed by atoms with E-state index in [1.165, 1.54) is 6.07 Å². The lowest BCUT2D eigenvalue weighted by Crippen LogP contribution is -2.22. The van der Waals surface area contributed by atoms with E-state index in [1.54, 1.807) is 31.4 Å². The maximum absolute atomic E-state index is 13.2. The van der Waals surface area contributed by atoms with E-state index in [-0.39, 0.29) is 22.8 Å². The van der Waals surface area contributed by atoms with Gasteiger partial charge in [0.1, 0.15) is 5.75 Å². The second-order valence-electron chi connectivity index (χ2n) is 7.37. The molecule has 1 aromatic heterocycles. The fourth-order valence-corrected chi connectivity index (χ4v) is 4.05. The van der Waals surface area contributed by atoms with E-state index in [0.717, 1.165) is 36.7 Å². The number of nitrogens with zero attached hydrogens (tertiary/aromatic N) is 3. The Morgan fingerprint density at radius 2 is 1.97 bits per heavy atom. The largest absolute Gasteiger partial charge is 0.497 e. The zero-order valence-electron chi connectivity index (χ0n) is 17.7. The molecule has 7 nitrogen and oxygen atoms in total. The van der Waals surface area contributed by atoms with Gasteiger partial charge in [-0.25, -0.2) is 0 Å². The fraction of sp³-hybridized carbons (Fsp3) is 0.318. The zero-order valence-corrected chi connectivity index (χ0v) is 18.5. The molecule has 1 N–H and O–H groups in total. The number of nitrogens with one attached hydrogen (secondary N) is 1. The third kappa shape index (κ3) is 5.59. The van der Waals surface area contributed by atoms with Crippen molar-refractivity contribution in [2.75, 3.05) is 36.2 Å². The Balaban J connectivity index is 1.42. The molecule has 11 heteroatoms. The van der Waals surface area contributed by atoms with Gasteiger partial charge in [-0.1, -0.05) is 17.8 Å². The molecule has 0 atom stereocenters. The molecule has 0 saturated carbocycles. The van der Waals surface area contributed by atoms with Crippen molar-refractivity contribution in [2.45, 2.75) is 24.2 Å². The molecule has 33 heavy (non-hydrogen) atoms. The first-order chi connectivity index (χ1) is 15.8. The summed E-state index contributed by atoms with van der Waals surface area (Å²) in [5, 5.41) is 10.8. The van der Waals surface area contributed by atoms with Crippen LogP contribution in [0.3, 0.4) is 0 Å². The number of carbonyl (C=O) groups excluding carboxylic acids is 1. The average molecular weight is 478 g/mol. The summed E-state index contributed by atoms with van der Waals surface area (Å²) >= 11 is 1.04. The van der Waals surface area contributed by atoms with Crippen LogP contribution in [-0.4, -0.2) is 42.1 Å². The number of methoxy groups -OCH3 is 1. The third-order valence-electron chi connectivity index (χ3n) is 5.10. The summed E-state index contributed by atoms with van der Waals surface area (Å²) in [6, 6.07) is 10.5. The van der Waals surface area contributed by atoms with Gasteiger partial charge in [-0.05, 0) is 49.2 Å². The second kappa shape index (κ2) is 9.74. The molecule has 2 heterocycles. The number of rotatable bonds is 7. The minimum atomic E-state index is -4.45. The summed E-state index contributed by atoms with van der Waals surface area (Å²) in [6.07, 6.45) is -2.66. The lowest BCUT2D eigenvalue weighted by atomic mass is 10.1.